The van der Waals surface area contributed by atoms with Gasteiger partial charge in [-0.15, -0.1) is 0 Å². The molecule has 1 atom stereocenters. The van der Waals surface area contributed by atoms with Gasteiger partial charge in [0.2, 0.25) is 0 Å². The van der Waals surface area contributed by atoms with E-state index < -0.39 is 0 Å². The zero-order valence-electron chi connectivity index (χ0n) is 20.5. The number of rotatable bonds is 6. The number of likely N-dealkylation sites (tertiary alicyclic amines) is 1. The van der Waals surface area contributed by atoms with Crippen LogP contribution < -0.4 is 4.74 Å². The van der Waals surface area contributed by atoms with Crippen molar-refractivity contribution in [1.82, 2.24) is 14.7 Å². The minimum atomic E-state index is -0.201. The first kappa shape index (κ1) is 24.7. The number of halogens is 1. The topological polar surface area (TPSA) is 59.7 Å². The number of carbonyl (C=O) groups excluding carboxylic acids is 1. The average Bonchev–Trinajstić information content (AvgIpc) is 3.48. The number of benzene rings is 2. The highest BCUT2D eigenvalue weighted by Gasteiger charge is 2.29. The van der Waals surface area contributed by atoms with Crippen molar-refractivity contribution in [3.05, 3.63) is 70.2 Å². The molecule has 0 radical (unpaired) electrons. The number of piperidine rings is 1. The van der Waals surface area contributed by atoms with Gasteiger partial charge in [-0.1, -0.05) is 43.6 Å². The van der Waals surface area contributed by atoms with Crippen LogP contribution in [0.1, 0.15) is 38.7 Å². The Bertz CT molecular complexity index is 1320. The number of aromatic nitrogens is 2. The van der Waals surface area contributed by atoms with Gasteiger partial charge in [0.1, 0.15) is 11.4 Å². The Hall–Kier alpha value is -3.03. The van der Waals surface area contributed by atoms with Crippen molar-refractivity contribution in [2.75, 3.05) is 19.7 Å². The summed E-state index contributed by atoms with van der Waals surface area (Å²) >= 11 is 7.99. The zero-order chi connectivity index (χ0) is 25.1. The second-order valence-corrected chi connectivity index (χ2v) is 10.6. The largest absolute Gasteiger partial charge is 0.492 e. The standard InChI is InChI=1S/C28H29ClN4O2S/c1-3-14-35-24-12-11-20(15-23(24)29)26-21(18-33(31-26)22-9-5-4-6-10-22)16-25-27(34)30-28(36-25)32-13-7-8-19(2)17-32/h4-6,9-12,15-16,18-19H,3,7-8,13-14,17H2,1-2H3/b25-16-/t19-/m1/s1. The van der Waals surface area contributed by atoms with E-state index in [1.165, 1.54) is 18.2 Å². The fourth-order valence-corrected chi connectivity index (χ4v) is 5.62. The second-order valence-electron chi connectivity index (χ2n) is 9.21. The molecule has 8 heteroatoms. The van der Waals surface area contributed by atoms with Crippen molar-refractivity contribution >= 4 is 40.5 Å². The maximum Gasteiger partial charge on any atom is 0.286 e. The second kappa shape index (κ2) is 10.9. The molecule has 36 heavy (non-hydrogen) atoms. The minimum Gasteiger partial charge on any atom is -0.492 e. The fourth-order valence-electron chi connectivity index (χ4n) is 4.45. The Morgan fingerprint density at radius 1 is 1.22 bits per heavy atom. The predicted molar refractivity (Wildman–Crippen MR) is 148 cm³/mol. The Kier molecular flexibility index (Phi) is 7.48. The molecule has 0 saturated carbocycles. The monoisotopic (exact) mass is 520 g/mol. The lowest BCUT2D eigenvalue weighted by Gasteiger charge is -2.31. The molecule has 2 aliphatic heterocycles. The molecule has 0 unspecified atom stereocenters. The summed E-state index contributed by atoms with van der Waals surface area (Å²) in [6.45, 7) is 6.80. The summed E-state index contributed by atoms with van der Waals surface area (Å²) < 4.78 is 7.57. The Balaban J connectivity index is 1.49. The minimum absolute atomic E-state index is 0.201. The van der Waals surface area contributed by atoms with Crippen molar-refractivity contribution in [3.8, 4) is 22.7 Å². The number of hydrogen-bond acceptors (Lipinski definition) is 5. The number of amides is 1. The van der Waals surface area contributed by atoms with Gasteiger partial charge >= 0.3 is 0 Å². The van der Waals surface area contributed by atoms with Gasteiger partial charge in [-0.3, -0.25) is 4.79 Å². The summed E-state index contributed by atoms with van der Waals surface area (Å²) in [5.41, 5.74) is 3.36. The molecule has 1 amide bonds. The van der Waals surface area contributed by atoms with Gasteiger partial charge in [0.05, 0.1) is 22.2 Å². The van der Waals surface area contributed by atoms with E-state index in [2.05, 4.69) is 23.7 Å². The van der Waals surface area contributed by atoms with Crippen LogP contribution in [-0.4, -0.2) is 45.5 Å². The van der Waals surface area contributed by atoms with Crippen LogP contribution in [-0.2, 0) is 4.79 Å². The first-order valence-corrected chi connectivity index (χ1v) is 13.6. The molecular weight excluding hydrogens is 492 g/mol. The molecule has 186 valence electrons. The van der Waals surface area contributed by atoms with E-state index in [0.29, 0.717) is 28.2 Å². The lowest BCUT2D eigenvalue weighted by Crippen LogP contribution is -2.37. The van der Waals surface area contributed by atoms with Crippen LogP contribution in [0.2, 0.25) is 5.02 Å². The number of para-hydroxylation sites is 1. The molecule has 1 fully saturated rings. The van der Waals surface area contributed by atoms with Crippen LogP contribution in [0.4, 0.5) is 0 Å². The van der Waals surface area contributed by atoms with Crippen LogP contribution in [0.25, 0.3) is 23.0 Å². The molecule has 1 aromatic heterocycles. The summed E-state index contributed by atoms with van der Waals surface area (Å²) in [6.07, 6.45) is 7.10. The first-order valence-electron chi connectivity index (χ1n) is 12.4. The Morgan fingerprint density at radius 2 is 2.06 bits per heavy atom. The van der Waals surface area contributed by atoms with E-state index >= 15 is 0 Å². The number of thioether (sulfide) groups is 1. The summed E-state index contributed by atoms with van der Waals surface area (Å²) in [7, 11) is 0. The SMILES string of the molecule is CCCOc1ccc(-c2nn(-c3ccccc3)cc2/C=C2\SC(N3CCC[C@@H](C)C3)=NC2=O)cc1Cl. The van der Waals surface area contributed by atoms with Crippen molar-refractivity contribution in [2.24, 2.45) is 10.9 Å². The maximum atomic E-state index is 12.9. The fraction of sp³-hybridized carbons (Fsp3) is 0.321. The molecule has 3 heterocycles. The van der Waals surface area contributed by atoms with Gasteiger partial charge in [0.15, 0.2) is 5.17 Å². The molecule has 2 aromatic carbocycles. The third-order valence-electron chi connectivity index (χ3n) is 6.25. The van der Waals surface area contributed by atoms with E-state index in [4.69, 9.17) is 21.4 Å². The van der Waals surface area contributed by atoms with Crippen LogP contribution in [0.15, 0.2) is 64.6 Å². The van der Waals surface area contributed by atoms with Gasteiger partial charge in [0, 0.05) is 30.4 Å². The first-order chi connectivity index (χ1) is 17.5. The number of amidine groups is 1. The highest BCUT2D eigenvalue weighted by Crippen LogP contribution is 2.36. The molecule has 1 saturated heterocycles. The molecule has 0 bridgehead atoms. The number of nitrogens with zero attached hydrogens (tertiary/aromatic N) is 4. The van der Waals surface area contributed by atoms with E-state index in [1.54, 1.807) is 0 Å². The van der Waals surface area contributed by atoms with E-state index in [-0.39, 0.29) is 5.91 Å². The van der Waals surface area contributed by atoms with Crippen molar-refractivity contribution in [3.63, 3.8) is 0 Å². The lowest BCUT2D eigenvalue weighted by molar-refractivity contribution is -0.113. The summed E-state index contributed by atoms with van der Waals surface area (Å²) in [5.74, 6) is 1.06. The quantitative estimate of drug-likeness (QED) is 0.339. The third kappa shape index (κ3) is 5.37. The highest BCUT2D eigenvalue weighted by atomic mass is 35.5. The van der Waals surface area contributed by atoms with Gasteiger partial charge in [-0.05, 0) is 73.4 Å². The molecule has 0 spiro atoms. The smallest absolute Gasteiger partial charge is 0.286 e. The van der Waals surface area contributed by atoms with Gasteiger partial charge in [-0.25, -0.2) is 4.68 Å². The summed E-state index contributed by atoms with van der Waals surface area (Å²) in [4.78, 5) is 20.1. The van der Waals surface area contributed by atoms with Crippen LogP contribution in [0.5, 0.6) is 5.75 Å². The molecular formula is C28H29ClN4O2S. The predicted octanol–water partition coefficient (Wildman–Crippen LogP) is 6.68. The number of aliphatic imine (C=N–C) groups is 1. The molecule has 0 N–H and O–H groups in total. The van der Waals surface area contributed by atoms with E-state index in [0.717, 1.165) is 53.6 Å². The van der Waals surface area contributed by atoms with Crippen molar-refractivity contribution < 1.29 is 9.53 Å². The Morgan fingerprint density at radius 3 is 2.81 bits per heavy atom. The highest BCUT2D eigenvalue weighted by molar-refractivity contribution is 8.18. The lowest BCUT2D eigenvalue weighted by atomic mass is 10.0. The van der Waals surface area contributed by atoms with Crippen molar-refractivity contribution in [1.29, 1.82) is 0 Å². The number of hydrogen-bond donors (Lipinski definition) is 0. The summed E-state index contributed by atoms with van der Waals surface area (Å²) in [6, 6.07) is 15.6. The van der Waals surface area contributed by atoms with Crippen LogP contribution in [0, 0.1) is 5.92 Å². The van der Waals surface area contributed by atoms with Crippen LogP contribution in [0.3, 0.4) is 0 Å². The van der Waals surface area contributed by atoms with Crippen LogP contribution >= 0.6 is 23.4 Å². The van der Waals surface area contributed by atoms with Gasteiger partial charge < -0.3 is 9.64 Å². The number of ether oxygens (including phenoxy) is 1. The van der Waals surface area contributed by atoms with E-state index in [9.17, 15) is 4.79 Å². The zero-order valence-corrected chi connectivity index (χ0v) is 22.1. The number of carbonyl (C=O) groups is 1. The maximum absolute atomic E-state index is 12.9. The average molecular weight is 521 g/mol. The molecule has 3 aromatic rings. The molecule has 0 aliphatic carbocycles. The van der Waals surface area contributed by atoms with Gasteiger partial charge in [-0.2, -0.15) is 10.1 Å². The Labute approximate surface area is 221 Å². The molecule has 2 aliphatic rings. The third-order valence-corrected chi connectivity index (χ3v) is 7.59. The molecule has 6 nitrogen and oxygen atoms in total. The van der Waals surface area contributed by atoms with Crippen molar-refractivity contribution in [2.45, 2.75) is 33.1 Å². The molecule has 5 rings (SSSR count). The normalized spacial score (nSPS) is 19.1. The van der Waals surface area contributed by atoms with Gasteiger partial charge in [0.25, 0.3) is 5.91 Å². The van der Waals surface area contributed by atoms with E-state index in [1.807, 2.05) is 65.5 Å². The summed E-state index contributed by atoms with van der Waals surface area (Å²) in [5, 5.41) is 6.21.